The molecule has 0 saturated heterocycles. The summed E-state index contributed by atoms with van der Waals surface area (Å²) in [5, 5.41) is 2.63. The second kappa shape index (κ2) is 7.63. The highest BCUT2D eigenvalue weighted by atomic mass is 32.2. The fourth-order valence-electron chi connectivity index (χ4n) is 1.78. The van der Waals surface area contributed by atoms with Gasteiger partial charge in [0.15, 0.2) is 0 Å². The van der Waals surface area contributed by atoms with E-state index in [0.717, 1.165) is 12.0 Å². The van der Waals surface area contributed by atoms with Gasteiger partial charge >= 0.3 is 0 Å². The van der Waals surface area contributed by atoms with E-state index in [1.807, 2.05) is 24.3 Å². The number of nitrogens with one attached hydrogen (secondary N) is 1. The molecule has 0 atom stereocenters. The summed E-state index contributed by atoms with van der Waals surface area (Å²) in [6.45, 7) is 7.14. The average Bonchev–Trinajstić information content (AvgIpc) is 2.40. The fraction of sp³-hybridized carbons (Fsp3) is 0.562. The van der Waals surface area contributed by atoms with Crippen LogP contribution in [0.15, 0.2) is 24.3 Å². The molecule has 1 aromatic rings. The third-order valence-corrected chi connectivity index (χ3v) is 4.06. The summed E-state index contributed by atoms with van der Waals surface area (Å²) in [6, 6.07) is 7.87. The highest BCUT2D eigenvalue weighted by Gasteiger charge is 2.13. The van der Waals surface area contributed by atoms with E-state index in [4.69, 9.17) is 4.74 Å². The Morgan fingerprint density at radius 2 is 1.77 bits per heavy atom. The Morgan fingerprint density at radius 3 is 2.27 bits per heavy atom. The van der Waals surface area contributed by atoms with Crippen LogP contribution >= 0.6 is 0 Å². The molecule has 0 aliphatic rings. The zero-order chi connectivity index (χ0) is 16.8. The monoisotopic (exact) mass is 327 g/mol. The first-order valence-corrected chi connectivity index (χ1v) is 9.32. The normalized spacial score (nSPS) is 12.0. The molecule has 1 amide bonds. The third-order valence-electron chi connectivity index (χ3n) is 3.11. The maximum Gasteiger partial charge on any atom is 0.221 e. The minimum absolute atomic E-state index is 0.0148. The van der Waals surface area contributed by atoms with Crippen LogP contribution in [0.5, 0.6) is 5.75 Å². The van der Waals surface area contributed by atoms with Crippen molar-refractivity contribution in [2.45, 2.75) is 32.6 Å². The largest absolute Gasteiger partial charge is 0.492 e. The van der Waals surface area contributed by atoms with Gasteiger partial charge in [0.1, 0.15) is 22.2 Å². The number of sulfone groups is 1. The van der Waals surface area contributed by atoms with E-state index in [9.17, 15) is 13.2 Å². The SMILES string of the molecule is CC(C)(C)c1ccc(OCCNC(=O)CCS(C)(=O)=O)cc1. The van der Waals surface area contributed by atoms with Gasteiger partial charge in [0.05, 0.1) is 12.3 Å². The molecule has 22 heavy (non-hydrogen) atoms. The Morgan fingerprint density at radius 1 is 1.18 bits per heavy atom. The zero-order valence-corrected chi connectivity index (χ0v) is 14.5. The molecule has 0 heterocycles. The highest BCUT2D eigenvalue weighted by Crippen LogP contribution is 2.24. The van der Waals surface area contributed by atoms with Gasteiger partial charge in [-0.3, -0.25) is 4.79 Å². The van der Waals surface area contributed by atoms with E-state index < -0.39 is 9.84 Å². The fourth-order valence-corrected chi connectivity index (χ4v) is 2.33. The van der Waals surface area contributed by atoms with E-state index in [1.165, 1.54) is 5.56 Å². The number of carbonyl (C=O) groups is 1. The molecule has 1 N–H and O–H groups in total. The van der Waals surface area contributed by atoms with Gasteiger partial charge < -0.3 is 10.1 Å². The Kier molecular flexibility index (Phi) is 6.41. The number of ether oxygens (including phenoxy) is 1. The van der Waals surface area contributed by atoms with E-state index in [-0.39, 0.29) is 23.5 Å². The Balaban J connectivity index is 2.29. The molecule has 0 fully saturated rings. The molecule has 0 radical (unpaired) electrons. The smallest absolute Gasteiger partial charge is 0.221 e. The lowest BCUT2D eigenvalue weighted by Gasteiger charge is -2.19. The standard InChI is InChI=1S/C16H25NO4S/c1-16(2,3)13-5-7-14(8-6-13)21-11-10-17-15(18)9-12-22(4,19)20/h5-8H,9-12H2,1-4H3,(H,17,18). The number of carbonyl (C=O) groups excluding carboxylic acids is 1. The van der Waals surface area contributed by atoms with Gasteiger partial charge in [-0.25, -0.2) is 8.42 Å². The third kappa shape index (κ3) is 7.45. The summed E-state index contributed by atoms with van der Waals surface area (Å²) in [4.78, 5) is 11.4. The van der Waals surface area contributed by atoms with Crippen LogP contribution in [0, 0.1) is 0 Å². The Labute approximate surface area is 133 Å². The first-order valence-electron chi connectivity index (χ1n) is 7.26. The lowest BCUT2D eigenvalue weighted by Crippen LogP contribution is -2.29. The molecule has 0 bridgehead atoms. The summed E-state index contributed by atoms with van der Waals surface area (Å²) >= 11 is 0. The average molecular weight is 327 g/mol. The van der Waals surface area contributed by atoms with Crippen LogP contribution in [-0.2, 0) is 20.0 Å². The van der Waals surface area contributed by atoms with E-state index >= 15 is 0 Å². The number of amides is 1. The molecule has 1 aromatic carbocycles. The van der Waals surface area contributed by atoms with E-state index in [1.54, 1.807) is 0 Å². The quantitative estimate of drug-likeness (QED) is 0.777. The van der Waals surface area contributed by atoms with Crippen molar-refractivity contribution in [3.63, 3.8) is 0 Å². The predicted octanol–water partition coefficient (Wildman–Crippen LogP) is 1.91. The van der Waals surface area contributed by atoms with E-state index in [2.05, 4.69) is 26.1 Å². The Hall–Kier alpha value is -1.56. The lowest BCUT2D eigenvalue weighted by atomic mass is 9.87. The van der Waals surface area contributed by atoms with Gasteiger partial charge in [-0.05, 0) is 23.1 Å². The summed E-state index contributed by atoms with van der Waals surface area (Å²) < 4.78 is 27.4. The molecular formula is C16H25NO4S. The van der Waals surface area contributed by atoms with Crippen LogP contribution in [0.4, 0.5) is 0 Å². The molecule has 0 aromatic heterocycles. The van der Waals surface area contributed by atoms with Crippen LogP contribution < -0.4 is 10.1 Å². The van der Waals surface area contributed by atoms with Crippen molar-refractivity contribution in [3.05, 3.63) is 29.8 Å². The topological polar surface area (TPSA) is 72.5 Å². The molecule has 0 spiro atoms. The number of benzene rings is 1. The van der Waals surface area contributed by atoms with E-state index in [0.29, 0.717) is 13.2 Å². The van der Waals surface area contributed by atoms with Crippen molar-refractivity contribution >= 4 is 15.7 Å². The minimum atomic E-state index is -3.10. The van der Waals surface area contributed by atoms with Gasteiger partial charge in [0.25, 0.3) is 0 Å². The highest BCUT2D eigenvalue weighted by molar-refractivity contribution is 7.90. The minimum Gasteiger partial charge on any atom is -0.492 e. The Bertz CT molecular complexity index is 586. The summed E-state index contributed by atoms with van der Waals surface area (Å²) in [5.41, 5.74) is 1.33. The molecule has 0 aliphatic carbocycles. The molecular weight excluding hydrogens is 302 g/mol. The summed E-state index contributed by atoms with van der Waals surface area (Å²) in [6.07, 6.45) is 1.10. The zero-order valence-electron chi connectivity index (χ0n) is 13.7. The number of hydrogen-bond acceptors (Lipinski definition) is 4. The summed E-state index contributed by atoms with van der Waals surface area (Å²) in [5.74, 6) is 0.337. The van der Waals surface area contributed by atoms with Crippen molar-refractivity contribution in [2.75, 3.05) is 25.2 Å². The summed E-state index contributed by atoms with van der Waals surface area (Å²) in [7, 11) is -3.10. The van der Waals surface area contributed by atoms with Crippen LogP contribution in [0.2, 0.25) is 0 Å². The molecule has 6 heteroatoms. The first-order chi connectivity index (χ1) is 10.1. The van der Waals surface area contributed by atoms with Crippen molar-refractivity contribution in [3.8, 4) is 5.75 Å². The van der Waals surface area contributed by atoms with Gasteiger partial charge in [-0.15, -0.1) is 0 Å². The van der Waals surface area contributed by atoms with Crippen molar-refractivity contribution in [1.29, 1.82) is 0 Å². The molecule has 0 saturated carbocycles. The first kappa shape index (κ1) is 18.5. The molecule has 0 unspecified atom stereocenters. The molecule has 124 valence electrons. The maximum atomic E-state index is 11.4. The number of rotatable bonds is 7. The van der Waals surface area contributed by atoms with Gasteiger partial charge in [0, 0.05) is 12.7 Å². The van der Waals surface area contributed by atoms with Crippen LogP contribution in [0.1, 0.15) is 32.8 Å². The van der Waals surface area contributed by atoms with Crippen LogP contribution in [0.3, 0.4) is 0 Å². The second-order valence-corrected chi connectivity index (χ2v) is 8.61. The van der Waals surface area contributed by atoms with Gasteiger partial charge in [-0.2, -0.15) is 0 Å². The van der Waals surface area contributed by atoms with Crippen molar-refractivity contribution in [2.24, 2.45) is 0 Å². The van der Waals surface area contributed by atoms with Crippen molar-refractivity contribution in [1.82, 2.24) is 5.32 Å². The van der Waals surface area contributed by atoms with Crippen molar-refractivity contribution < 1.29 is 17.9 Å². The second-order valence-electron chi connectivity index (χ2n) is 6.35. The predicted molar refractivity (Wildman–Crippen MR) is 88.0 cm³/mol. The van der Waals surface area contributed by atoms with Crippen LogP contribution in [-0.4, -0.2) is 39.5 Å². The van der Waals surface area contributed by atoms with Crippen LogP contribution in [0.25, 0.3) is 0 Å². The molecule has 0 aliphatic heterocycles. The van der Waals surface area contributed by atoms with Gasteiger partial charge in [-0.1, -0.05) is 32.9 Å². The number of hydrogen-bond donors (Lipinski definition) is 1. The molecule has 1 rings (SSSR count). The maximum absolute atomic E-state index is 11.4. The molecule has 5 nitrogen and oxygen atoms in total. The van der Waals surface area contributed by atoms with Gasteiger partial charge in [0.2, 0.25) is 5.91 Å². The lowest BCUT2D eigenvalue weighted by molar-refractivity contribution is -0.120.